The van der Waals surface area contributed by atoms with Crippen LogP contribution in [0.2, 0.25) is 0 Å². The van der Waals surface area contributed by atoms with Crippen molar-refractivity contribution in [2.45, 2.75) is 26.8 Å². The fourth-order valence-corrected chi connectivity index (χ4v) is 1.11. The van der Waals surface area contributed by atoms with Gasteiger partial charge >= 0.3 is 0 Å². The van der Waals surface area contributed by atoms with Gasteiger partial charge in [-0.2, -0.15) is 5.26 Å². The molecule has 1 unspecified atom stereocenters. The summed E-state index contributed by atoms with van der Waals surface area (Å²) in [7, 11) is 0. The van der Waals surface area contributed by atoms with Gasteiger partial charge in [-0.1, -0.05) is 6.07 Å². The van der Waals surface area contributed by atoms with Gasteiger partial charge in [0.15, 0.2) is 0 Å². The molecule has 0 bridgehead atoms. The monoisotopic (exact) mass is 174 g/mol. The van der Waals surface area contributed by atoms with E-state index in [1.54, 1.807) is 0 Å². The highest BCUT2D eigenvalue weighted by atomic mass is 14.9. The van der Waals surface area contributed by atoms with Gasteiger partial charge in [-0.05, 0) is 44.0 Å². The highest BCUT2D eigenvalue weighted by Gasteiger charge is 1.99. The fraction of sp³-hybridized carbons (Fsp3) is 0.364. The molecule has 0 saturated carbocycles. The molecule has 1 atom stereocenters. The Balaban J connectivity index is 2.81. The second-order valence-electron chi connectivity index (χ2n) is 3.29. The molecule has 0 amide bonds. The SMILES string of the molecule is Cc1ccc(NC(C)C#N)cc1C. The Morgan fingerprint density at radius 2 is 2.00 bits per heavy atom. The van der Waals surface area contributed by atoms with Gasteiger partial charge in [0, 0.05) is 5.69 Å². The van der Waals surface area contributed by atoms with Crippen molar-refractivity contribution in [2.24, 2.45) is 0 Å². The molecule has 0 aliphatic carbocycles. The van der Waals surface area contributed by atoms with Gasteiger partial charge in [0.25, 0.3) is 0 Å². The van der Waals surface area contributed by atoms with Crippen LogP contribution in [0.3, 0.4) is 0 Å². The predicted molar refractivity (Wildman–Crippen MR) is 54.6 cm³/mol. The summed E-state index contributed by atoms with van der Waals surface area (Å²) in [5.41, 5.74) is 3.53. The summed E-state index contributed by atoms with van der Waals surface area (Å²) in [4.78, 5) is 0. The standard InChI is InChI=1S/C11H14N2/c1-8-4-5-11(6-9(8)2)13-10(3)7-12/h4-6,10,13H,1-3H3. The molecule has 0 aliphatic rings. The topological polar surface area (TPSA) is 35.8 Å². The van der Waals surface area contributed by atoms with E-state index in [2.05, 4.69) is 37.4 Å². The van der Waals surface area contributed by atoms with Crippen LogP contribution >= 0.6 is 0 Å². The van der Waals surface area contributed by atoms with E-state index in [-0.39, 0.29) is 6.04 Å². The first-order valence-electron chi connectivity index (χ1n) is 4.37. The lowest BCUT2D eigenvalue weighted by Gasteiger charge is -2.09. The van der Waals surface area contributed by atoms with Crippen molar-refractivity contribution < 1.29 is 0 Å². The lowest BCUT2D eigenvalue weighted by molar-refractivity contribution is 1.01. The van der Waals surface area contributed by atoms with Crippen molar-refractivity contribution in [3.63, 3.8) is 0 Å². The molecule has 0 spiro atoms. The zero-order valence-corrected chi connectivity index (χ0v) is 8.26. The van der Waals surface area contributed by atoms with Crippen molar-refractivity contribution in [3.05, 3.63) is 29.3 Å². The normalized spacial score (nSPS) is 11.8. The Morgan fingerprint density at radius 3 is 2.54 bits per heavy atom. The number of anilines is 1. The number of nitrogens with zero attached hydrogens (tertiary/aromatic N) is 1. The molecule has 68 valence electrons. The van der Waals surface area contributed by atoms with Gasteiger partial charge in [0.2, 0.25) is 0 Å². The van der Waals surface area contributed by atoms with Gasteiger partial charge in [-0.3, -0.25) is 0 Å². The zero-order valence-electron chi connectivity index (χ0n) is 8.26. The molecule has 2 heteroatoms. The van der Waals surface area contributed by atoms with Gasteiger partial charge in [0.1, 0.15) is 6.04 Å². The molecule has 0 radical (unpaired) electrons. The number of rotatable bonds is 2. The van der Waals surface area contributed by atoms with Gasteiger partial charge < -0.3 is 5.32 Å². The number of nitriles is 1. The Bertz CT molecular complexity index is 336. The molecule has 0 saturated heterocycles. The first-order valence-corrected chi connectivity index (χ1v) is 4.37. The molecular weight excluding hydrogens is 160 g/mol. The van der Waals surface area contributed by atoms with Crippen molar-refractivity contribution in [1.82, 2.24) is 0 Å². The van der Waals surface area contributed by atoms with Gasteiger partial charge in [0.05, 0.1) is 6.07 Å². The average molecular weight is 174 g/mol. The van der Waals surface area contributed by atoms with Crippen LogP contribution in [0.1, 0.15) is 18.1 Å². The van der Waals surface area contributed by atoms with Crippen LogP contribution < -0.4 is 5.32 Å². The summed E-state index contributed by atoms with van der Waals surface area (Å²) in [5.74, 6) is 0. The maximum absolute atomic E-state index is 8.61. The lowest BCUT2D eigenvalue weighted by Crippen LogP contribution is -2.11. The minimum atomic E-state index is -0.137. The van der Waals surface area contributed by atoms with E-state index in [4.69, 9.17) is 5.26 Å². The average Bonchev–Trinajstić information content (AvgIpc) is 2.11. The minimum Gasteiger partial charge on any atom is -0.370 e. The minimum absolute atomic E-state index is 0.137. The van der Waals surface area contributed by atoms with Crippen molar-refractivity contribution >= 4 is 5.69 Å². The molecule has 1 aromatic carbocycles. The molecule has 1 aromatic rings. The Labute approximate surface area is 79.2 Å². The van der Waals surface area contributed by atoms with E-state index >= 15 is 0 Å². The lowest BCUT2D eigenvalue weighted by atomic mass is 10.1. The van der Waals surface area contributed by atoms with E-state index in [9.17, 15) is 0 Å². The third-order valence-electron chi connectivity index (χ3n) is 2.08. The molecule has 0 heterocycles. The summed E-state index contributed by atoms with van der Waals surface area (Å²) in [6.45, 7) is 5.99. The maximum atomic E-state index is 8.61. The molecule has 0 fully saturated rings. The maximum Gasteiger partial charge on any atom is 0.111 e. The number of hydrogen-bond donors (Lipinski definition) is 1. The summed E-state index contributed by atoms with van der Waals surface area (Å²) in [5, 5.41) is 11.7. The first kappa shape index (κ1) is 9.60. The van der Waals surface area contributed by atoms with Crippen LogP contribution in [-0.2, 0) is 0 Å². The van der Waals surface area contributed by atoms with Crippen molar-refractivity contribution in [3.8, 4) is 6.07 Å². The van der Waals surface area contributed by atoms with Crippen molar-refractivity contribution in [1.29, 1.82) is 5.26 Å². The summed E-state index contributed by atoms with van der Waals surface area (Å²) in [6.07, 6.45) is 0. The molecule has 13 heavy (non-hydrogen) atoms. The third-order valence-corrected chi connectivity index (χ3v) is 2.08. The molecule has 1 N–H and O–H groups in total. The smallest absolute Gasteiger partial charge is 0.111 e. The quantitative estimate of drug-likeness (QED) is 0.748. The van der Waals surface area contributed by atoms with E-state index in [0.717, 1.165) is 5.69 Å². The number of benzene rings is 1. The molecule has 0 aromatic heterocycles. The number of hydrogen-bond acceptors (Lipinski definition) is 2. The van der Waals surface area contributed by atoms with Gasteiger partial charge in [-0.15, -0.1) is 0 Å². The van der Waals surface area contributed by atoms with E-state index in [1.807, 2.05) is 13.0 Å². The van der Waals surface area contributed by atoms with Crippen LogP contribution in [0.15, 0.2) is 18.2 Å². The molecule has 2 nitrogen and oxygen atoms in total. The van der Waals surface area contributed by atoms with E-state index in [1.165, 1.54) is 11.1 Å². The number of aryl methyl sites for hydroxylation is 2. The van der Waals surface area contributed by atoms with Gasteiger partial charge in [-0.25, -0.2) is 0 Å². The highest BCUT2D eigenvalue weighted by molar-refractivity contribution is 5.49. The largest absolute Gasteiger partial charge is 0.370 e. The third kappa shape index (κ3) is 2.48. The first-order chi connectivity index (χ1) is 6.13. The summed E-state index contributed by atoms with van der Waals surface area (Å²) >= 11 is 0. The van der Waals surface area contributed by atoms with Crippen molar-refractivity contribution in [2.75, 3.05) is 5.32 Å². The summed E-state index contributed by atoms with van der Waals surface area (Å²) < 4.78 is 0. The Kier molecular flexibility index (Phi) is 2.92. The molecule has 0 aliphatic heterocycles. The Morgan fingerprint density at radius 1 is 1.31 bits per heavy atom. The highest BCUT2D eigenvalue weighted by Crippen LogP contribution is 2.14. The fourth-order valence-electron chi connectivity index (χ4n) is 1.11. The second kappa shape index (κ2) is 3.95. The second-order valence-corrected chi connectivity index (χ2v) is 3.29. The molecular formula is C11H14N2. The van der Waals surface area contributed by atoms with Crippen LogP contribution in [0.5, 0.6) is 0 Å². The van der Waals surface area contributed by atoms with Crippen LogP contribution in [0, 0.1) is 25.2 Å². The van der Waals surface area contributed by atoms with E-state index in [0.29, 0.717) is 0 Å². The van der Waals surface area contributed by atoms with Crippen LogP contribution in [-0.4, -0.2) is 6.04 Å². The predicted octanol–water partition coefficient (Wildman–Crippen LogP) is 2.63. The van der Waals surface area contributed by atoms with Crippen LogP contribution in [0.4, 0.5) is 5.69 Å². The molecule has 1 rings (SSSR count). The summed E-state index contributed by atoms with van der Waals surface area (Å²) in [6, 6.07) is 8.11. The van der Waals surface area contributed by atoms with E-state index < -0.39 is 0 Å². The zero-order chi connectivity index (χ0) is 9.84. The van der Waals surface area contributed by atoms with Crippen LogP contribution in [0.25, 0.3) is 0 Å². The Hall–Kier alpha value is -1.49. The number of nitrogens with one attached hydrogen (secondary N) is 1.